The second-order valence-corrected chi connectivity index (χ2v) is 3.53. The first-order valence-electron chi connectivity index (χ1n) is 4.77. The van der Waals surface area contributed by atoms with Crippen molar-refractivity contribution in [3.8, 4) is 5.75 Å². The third-order valence-corrected chi connectivity index (χ3v) is 2.36. The van der Waals surface area contributed by atoms with Crippen LogP contribution >= 0.6 is 0 Å². The molecule has 16 heavy (non-hydrogen) atoms. The summed E-state index contributed by atoms with van der Waals surface area (Å²) in [5.41, 5.74) is 8.58. The summed E-state index contributed by atoms with van der Waals surface area (Å²) < 4.78 is 5.14. The van der Waals surface area contributed by atoms with Gasteiger partial charge in [-0.15, -0.1) is 0 Å². The molecule has 0 fully saturated rings. The standard InChI is InChI=1S/C11H12N2O3/c1-6-3-7-4-8(11(14)15)5-9(16-2)10(7)13-12-6/h3-5,12-13H,1-2H3,(H,14,15). The third kappa shape index (κ3) is 1.67. The van der Waals surface area contributed by atoms with Gasteiger partial charge in [0.05, 0.1) is 12.7 Å². The zero-order valence-corrected chi connectivity index (χ0v) is 9.00. The lowest BCUT2D eigenvalue weighted by Gasteiger charge is -2.21. The van der Waals surface area contributed by atoms with Crippen molar-refractivity contribution in [3.05, 3.63) is 29.0 Å². The zero-order chi connectivity index (χ0) is 11.7. The van der Waals surface area contributed by atoms with E-state index in [-0.39, 0.29) is 5.56 Å². The first kappa shape index (κ1) is 10.4. The number of fused-ring (bicyclic) bond motifs is 1. The molecule has 1 heterocycles. The van der Waals surface area contributed by atoms with Crippen LogP contribution in [0, 0.1) is 0 Å². The van der Waals surface area contributed by atoms with Gasteiger partial charge in [-0.05, 0) is 25.1 Å². The Morgan fingerprint density at radius 1 is 1.38 bits per heavy atom. The number of rotatable bonds is 2. The summed E-state index contributed by atoms with van der Waals surface area (Å²) in [5, 5.41) is 8.96. The molecule has 0 radical (unpaired) electrons. The number of hydrogen-bond acceptors (Lipinski definition) is 4. The van der Waals surface area contributed by atoms with Gasteiger partial charge in [0.2, 0.25) is 0 Å². The van der Waals surface area contributed by atoms with Crippen LogP contribution in [0.5, 0.6) is 5.75 Å². The molecule has 0 saturated carbocycles. The average Bonchev–Trinajstić information content (AvgIpc) is 2.26. The fraction of sp³-hybridized carbons (Fsp3) is 0.182. The second kappa shape index (κ2) is 3.77. The zero-order valence-electron chi connectivity index (χ0n) is 9.00. The van der Waals surface area contributed by atoms with E-state index < -0.39 is 5.97 Å². The number of hydrazine groups is 1. The Balaban J connectivity index is 2.60. The van der Waals surface area contributed by atoms with Crippen LogP contribution in [-0.4, -0.2) is 18.2 Å². The van der Waals surface area contributed by atoms with E-state index in [0.29, 0.717) is 5.75 Å². The number of carboxylic acids is 1. The van der Waals surface area contributed by atoms with Crippen molar-refractivity contribution in [2.24, 2.45) is 0 Å². The first-order valence-corrected chi connectivity index (χ1v) is 4.77. The van der Waals surface area contributed by atoms with Gasteiger partial charge in [-0.2, -0.15) is 0 Å². The molecule has 0 aliphatic carbocycles. The predicted octanol–water partition coefficient (Wildman–Crippen LogP) is 1.68. The van der Waals surface area contributed by atoms with Gasteiger partial charge in [0.1, 0.15) is 11.4 Å². The molecule has 1 aromatic rings. The van der Waals surface area contributed by atoms with E-state index in [4.69, 9.17) is 9.84 Å². The van der Waals surface area contributed by atoms with Crippen LogP contribution in [0.25, 0.3) is 6.08 Å². The van der Waals surface area contributed by atoms with Crippen LogP contribution in [0.15, 0.2) is 17.8 Å². The Kier molecular flexibility index (Phi) is 2.44. The highest BCUT2D eigenvalue weighted by atomic mass is 16.5. The predicted molar refractivity (Wildman–Crippen MR) is 60.4 cm³/mol. The van der Waals surface area contributed by atoms with Crippen LogP contribution in [0.1, 0.15) is 22.8 Å². The Bertz CT molecular complexity index is 480. The number of hydrogen-bond donors (Lipinski definition) is 3. The maximum Gasteiger partial charge on any atom is 0.335 e. The van der Waals surface area contributed by atoms with Gasteiger partial charge in [0.25, 0.3) is 0 Å². The van der Waals surface area contributed by atoms with E-state index >= 15 is 0 Å². The molecule has 5 nitrogen and oxygen atoms in total. The molecule has 5 heteroatoms. The van der Waals surface area contributed by atoms with Gasteiger partial charge < -0.3 is 15.3 Å². The summed E-state index contributed by atoms with van der Waals surface area (Å²) in [6.45, 7) is 1.88. The fourth-order valence-corrected chi connectivity index (χ4v) is 1.60. The fourth-order valence-electron chi connectivity index (χ4n) is 1.60. The van der Waals surface area contributed by atoms with Gasteiger partial charge in [-0.3, -0.25) is 5.43 Å². The number of benzene rings is 1. The number of ether oxygens (including phenoxy) is 1. The molecule has 0 bridgehead atoms. The number of carbonyl (C=O) groups is 1. The Morgan fingerprint density at radius 3 is 2.75 bits per heavy atom. The maximum absolute atomic E-state index is 10.9. The molecule has 0 aromatic heterocycles. The molecule has 0 saturated heterocycles. The highest BCUT2D eigenvalue weighted by Gasteiger charge is 2.16. The quantitative estimate of drug-likeness (QED) is 0.707. The lowest BCUT2D eigenvalue weighted by Crippen LogP contribution is -2.23. The molecule has 0 atom stereocenters. The largest absolute Gasteiger partial charge is 0.494 e. The van der Waals surface area contributed by atoms with E-state index in [1.807, 2.05) is 13.0 Å². The SMILES string of the molecule is COc1cc(C(=O)O)cc2c1NNC(C)=C2. The summed E-state index contributed by atoms with van der Waals surface area (Å²) in [4.78, 5) is 10.9. The summed E-state index contributed by atoms with van der Waals surface area (Å²) in [7, 11) is 1.51. The van der Waals surface area contributed by atoms with Crippen LogP contribution in [-0.2, 0) is 0 Å². The number of allylic oxidation sites excluding steroid dienone is 1. The number of nitrogens with one attached hydrogen (secondary N) is 2. The number of methoxy groups -OCH3 is 1. The third-order valence-electron chi connectivity index (χ3n) is 2.36. The van der Waals surface area contributed by atoms with E-state index in [9.17, 15) is 4.79 Å². The summed E-state index contributed by atoms with van der Waals surface area (Å²) in [6.07, 6.45) is 1.86. The monoisotopic (exact) mass is 220 g/mol. The summed E-state index contributed by atoms with van der Waals surface area (Å²) >= 11 is 0. The van der Waals surface area contributed by atoms with Gasteiger partial charge in [0, 0.05) is 11.3 Å². The molecule has 1 aliphatic rings. The van der Waals surface area contributed by atoms with E-state index in [0.717, 1.165) is 16.9 Å². The van der Waals surface area contributed by atoms with Crippen molar-refractivity contribution in [2.75, 3.05) is 12.5 Å². The lowest BCUT2D eigenvalue weighted by molar-refractivity contribution is 0.0696. The Morgan fingerprint density at radius 2 is 2.12 bits per heavy atom. The summed E-state index contributed by atoms with van der Waals surface area (Å²) in [6, 6.07) is 3.10. The molecule has 1 aromatic carbocycles. The molecular formula is C11H12N2O3. The minimum atomic E-state index is -0.967. The van der Waals surface area contributed by atoms with Crippen molar-refractivity contribution in [1.82, 2.24) is 5.43 Å². The molecule has 0 unspecified atom stereocenters. The number of anilines is 1. The second-order valence-electron chi connectivity index (χ2n) is 3.53. The number of carboxylic acid groups (broad SMARTS) is 1. The molecule has 1 aliphatic heterocycles. The lowest BCUT2D eigenvalue weighted by atomic mass is 10.1. The maximum atomic E-state index is 10.9. The van der Waals surface area contributed by atoms with Crippen molar-refractivity contribution in [2.45, 2.75) is 6.92 Å². The molecule has 0 amide bonds. The highest BCUT2D eigenvalue weighted by Crippen LogP contribution is 2.33. The topological polar surface area (TPSA) is 70.6 Å². The van der Waals surface area contributed by atoms with Crippen molar-refractivity contribution >= 4 is 17.7 Å². The van der Waals surface area contributed by atoms with Crippen molar-refractivity contribution in [3.63, 3.8) is 0 Å². The minimum Gasteiger partial charge on any atom is -0.494 e. The summed E-state index contributed by atoms with van der Waals surface area (Å²) in [5.74, 6) is -0.461. The van der Waals surface area contributed by atoms with E-state index in [1.54, 1.807) is 6.07 Å². The molecule has 84 valence electrons. The van der Waals surface area contributed by atoms with Crippen LogP contribution in [0.2, 0.25) is 0 Å². The van der Waals surface area contributed by atoms with E-state index in [1.165, 1.54) is 13.2 Å². The van der Waals surface area contributed by atoms with E-state index in [2.05, 4.69) is 10.9 Å². The molecular weight excluding hydrogens is 208 g/mol. The van der Waals surface area contributed by atoms with Crippen LogP contribution < -0.4 is 15.6 Å². The first-order chi connectivity index (χ1) is 7.61. The normalized spacial score (nSPS) is 13.0. The Labute approximate surface area is 92.7 Å². The smallest absolute Gasteiger partial charge is 0.335 e. The van der Waals surface area contributed by atoms with Gasteiger partial charge in [0.15, 0.2) is 0 Å². The van der Waals surface area contributed by atoms with Crippen molar-refractivity contribution < 1.29 is 14.6 Å². The molecule has 3 N–H and O–H groups in total. The van der Waals surface area contributed by atoms with Crippen LogP contribution in [0.4, 0.5) is 5.69 Å². The highest BCUT2D eigenvalue weighted by molar-refractivity contribution is 5.92. The van der Waals surface area contributed by atoms with Gasteiger partial charge in [-0.1, -0.05) is 0 Å². The molecule has 2 rings (SSSR count). The Hall–Kier alpha value is -2.17. The van der Waals surface area contributed by atoms with Crippen LogP contribution in [0.3, 0.4) is 0 Å². The minimum absolute atomic E-state index is 0.211. The van der Waals surface area contributed by atoms with Crippen molar-refractivity contribution in [1.29, 1.82) is 0 Å². The molecule has 0 spiro atoms. The number of aromatic carboxylic acids is 1. The average molecular weight is 220 g/mol. The van der Waals surface area contributed by atoms with Gasteiger partial charge in [-0.25, -0.2) is 4.79 Å². The van der Waals surface area contributed by atoms with Gasteiger partial charge >= 0.3 is 5.97 Å².